The number of phenols is 2. The fourth-order valence-electron chi connectivity index (χ4n) is 5.05. The van der Waals surface area contributed by atoms with E-state index in [4.69, 9.17) is 4.42 Å². The molecule has 2 aromatic carbocycles. The van der Waals surface area contributed by atoms with E-state index in [1.165, 1.54) is 6.07 Å². The third kappa shape index (κ3) is 3.65. The van der Waals surface area contributed by atoms with Crippen LogP contribution in [0.3, 0.4) is 0 Å². The molecule has 5 aromatic rings. The molecule has 0 aliphatic carbocycles. The number of nitrogens with one attached hydrogen (secondary N) is 2. The van der Waals surface area contributed by atoms with Crippen LogP contribution in [0.2, 0.25) is 0 Å². The average Bonchev–Trinajstić information content (AvgIpc) is 3.32. The lowest BCUT2D eigenvalue weighted by Crippen LogP contribution is -2.17. The Labute approximate surface area is 213 Å². The highest BCUT2D eigenvalue weighted by Crippen LogP contribution is 2.45. The lowest BCUT2D eigenvalue weighted by molar-refractivity contribution is 0.423. The molecule has 4 N–H and O–H groups in total. The van der Waals surface area contributed by atoms with Crippen LogP contribution in [0, 0.1) is 0 Å². The first-order valence-electron chi connectivity index (χ1n) is 12.4. The van der Waals surface area contributed by atoms with Crippen LogP contribution in [-0.4, -0.2) is 25.0 Å². The summed E-state index contributed by atoms with van der Waals surface area (Å²) >= 11 is 0. The van der Waals surface area contributed by atoms with E-state index in [0.717, 1.165) is 11.1 Å². The lowest BCUT2D eigenvalue weighted by atomic mass is 9.77. The number of rotatable bonds is 2. The number of hydrogen-bond acceptors (Lipinski definition) is 5. The minimum Gasteiger partial charge on any atom is -0.507 e. The standard InChI is InChI=1S/C29H33N3O5/c1-13(2)32-26-20(27(36)31-32)19(25-21(30-26)15-9-10-18(33)23(35)24(15)37-25)14-11-16(28(3,4)5)22(34)17(12-14)29(6,7)8/h9-13,30,34-35H,1-8H3,(H,31,36). The van der Waals surface area contributed by atoms with Gasteiger partial charge in [-0.3, -0.25) is 19.4 Å². The van der Waals surface area contributed by atoms with E-state index < -0.39 is 11.2 Å². The summed E-state index contributed by atoms with van der Waals surface area (Å²) in [5, 5.41) is 25.7. The fraction of sp³-hybridized carbons (Fsp3) is 0.379. The van der Waals surface area contributed by atoms with E-state index in [-0.39, 0.29) is 33.8 Å². The van der Waals surface area contributed by atoms with Gasteiger partial charge in [-0.1, -0.05) is 41.5 Å². The number of H-pyrrole nitrogens is 2. The predicted octanol–water partition coefficient (Wildman–Crippen LogP) is 6.17. The molecule has 194 valence electrons. The van der Waals surface area contributed by atoms with Crippen molar-refractivity contribution in [3.8, 4) is 22.6 Å². The molecule has 0 saturated carbocycles. The molecule has 0 amide bonds. The van der Waals surface area contributed by atoms with Gasteiger partial charge in [-0.05, 0) is 54.5 Å². The summed E-state index contributed by atoms with van der Waals surface area (Å²) < 4.78 is 7.92. The maximum absolute atomic E-state index is 13.4. The Kier molecular flexibility index (Phi) is 5.20. The van der Waals surface area contributed by atoms with E-state index in [1.807, 2.05) is 67.5 Å². The number of aromatic amines is 2. The molecule has 8 nitrogen and oxygen atoms in total. The number of hydrogen-bond donors (Lipinski definition) is 4. The van der Waals surface area contributed by atoms with E-state index in [2.05, 4.69) is 10.1 Å². The highest BCUT2D eigenvalue weighted by Gasteiger charge is 2.30. The first-order valence-corrected chi connectivity index (χ1v) is 12.4. The molecular weight excluding hydrogens is 470 g/mol. The van der Waals surface area contributed by atoms with Gasteiger partial charge in [0.1, 0.15) is 11.4 Å². The van der Waals surface area contributed by atoms with Crippen LogP contribution in [-0.2, 0) is 10.8 Å². The van der Waals surface area contributed by atoms with Gasteiger partial charge in [-0.25, -0.2) is 0 Å². The van der Waals surface area contributed by atoms with Crippen molar-refractivity contribution in [2.75, 3.05) is 0 Å². The molecule has 0 fully saturated rings. The van der Waals surface area contributed by atoms with Gasteiger partial charge >= 0.3 is 0 Å². The number of aromatic hydroxyl groups is 2. The zero-order valence-corrected chi connectivity index (χ0v) is 22.5. The molecule has 0 spiro atoms. The van der Waals surface area contributed by atoms with E-state index >= 15 is 0 Å². The molecule has 0 atom stereocenters. The third-order valence-corrected chi connectivity index (χ3v) is 6.97. The second-order valence-electron chi connectivity index (χ2n) is 12.1. The Morgan fingerprint density at radius 2 is 1.49 bits per heavy atom. The van der Waals surface area contributed by atoms with Crippen LogP contribution >= 0.6 is 0 Å². The van der Waals surface area contributed by atoms with Crippen molar-refractivity contribution < 1.29 is 14.6 Å². The Hall–Kier alpha value is -3.94. The van der Waals surface area contributed by atoms with Gasteiger partial charge in [0.05, 0.1) is 10.9 Å². The number of pyridine rings is 1. The van der Waals surface area contributed by atoms with E-state index in [1.54, 1.807) is 10.7 Å². The fourth-order valence-corrected chi connectivity index (χ4v) is 5.05. The Morgan fingerprint density at radius 3 is 2.03 bits per heavy atom. The topological polar surface area (TPSA) is 124 Å². The van der Waals surface area contributed by atoms with Crippen LogP contribution in [0.1, 0.15) is 72.6 Å². The summed E-state index contributed by atoms with van der Waals surface area (Å²) in [5.41, 5.74) is 2.63. The number of furan rings is 1. The van der Waals surface area contributed by atoms with Gasteiger partial charge in [-0.2, -0.15) is 0 Å². The van der Waals surface area contributed by atoms with Crippen molar-refractivity contribution in [1.82, 2.24) is 14.8 Å². The molecule has 0 unspecified atom stereocenters. The van der Waals surface area contributed by atoms with Crippen molar-refractivity contribution in [3.05, 3.63) is 56.0 Å². The molecule has 8 heteroatoms. The molecule has 37 heavy (non-hydrogen) atoms. The van der Waals surface area contributed by atoms with E-state index in [0.29, 0.717) is 38.6 Å². The molecule has 3 heterocycles. The zero-order valence-electron chi connectivity index (χ0n) is 22.5. The minimum atomic E-state index is -0.545. The second kappa shape index (κ2) is 7.78. The average molecular weight is 504 g/mol. The molecule has 0 aliphatic rings. The first kappa shape index (κ1) is 24.7. The summed E-state index contributed by atoms with van der Waals surface area (Å²) in [5.74, 6) is -0.250. The van der Waals surface area contributed by atoms with Crippen molar-refractivity contribution in [2.24, 2.45) is 0 Å². The van der Waals surface area contributed by atoms with Crippen molar-refractivity contribution in [3.63, 3.8) is 0 Å². The number of benzene rings is 2. The number of phenolic OH excluding ortho intramolecular Hbond substituents is 2. The quantitative estimate of drug-likeness (QED) is 0.229. The summed E-state index contributed by atoms with van der Waals surface area (Å²) in [4.78, 5) is 28.9. The highest BCUT2D eigenvalue weighted by molar-refractivity contribution is 6.15. The molecule has 0 saturated heterocycles. The maximum atomic E-state index is 13.4. The normalized spacial score (nSPS) is 13.0. The summed E-state index contributed by atoms with van der Waals surface area (Å²) in [6.07, 6.45) is 0. The largest absolute Gasteiger partial charge is 0.507 e. The van der Waals surface area contributed by atoms with Gasteiger partial charge in [0.15, 0.2) is 11.2 Å². The van der Waals surface area contributed by atoms with Crippen molar-refractivity contribution in [2.45, 2.75) is 72.3 Å². The monoisotopic (exact) mass is 503 g/mol. The van der Waals surface area contributed by atoms with Crippen LogP contribution in [0.5, 0.6) is 11.5 Å². The second-order valence-corrected chi connectivity index (χ2v) is 12.1. The molecular formula is C29H33N3O5. The van der Waals surface area contributed by atoms with Crippen LogP contribution < -0.4 is 11.0 Å². The van der Waals surface area contributed by atoms with Gasteiger partial charge < -0.3 is 19.6 Å². The smallest absolute Gasteiger partial charge is 0.274 e. The van der Waals surface area contributed by atoms with Gasteiger partial charge in [0, 0.05) is 28.1 Å². The number of aromatic nitrogens is 3. The van der Waals surface area contributed by atoms with Crippen molar-refractivity contribution >= 4 is 33.1 Å². The lowest BCUT2D eigenvalue weighted by Gasteiger charge is -2.28. The molecule has 0 aliphatic heterocycles. The van der Waals surface area contributed by atoms with Crippen LogP contribution in [0.15, 0.2) is 38.3 Å². The van der Waals surface area contributed by atoms with Crippen LogP contribution in [0.25, 0.3) is 44.2 Å². The summed E-state index contributed by atoms with van der Waals surface area (Å²) in [7, 11) is 0. The predicted molar refractivity (Wildman–Crippen MR) is 147 cm³/mol. The Bertz CT molecular complexity index is 1800. The van der Waals surface area contributed by atoms with Gasteiger partial charge in [0.25, 0.3) is 5.56 Å². The highest BCUT2D eigenvalue weighted by atomic mass is 16.4. The minimum absolute atomic E-state index is 0.0540. The summed E-state index contributed by atoms with van der Waals surface area (Å²) in [6.45, 7) is 16.1. The Morgan fingerprint density at radius 1 is 0.892 bits per heavy atom. The Balaban J connectivity index is 2.07. The van der Waals surface area contributed by atoms with E-state index in [9.17, 15) is 19.8 Å². The summed E-state index contributed by atoms with van der Waals surface area (Å²) in [6, 6.07) is 6.65. The maximum Gasteiger partial charge on any atom is 0.274 e. The molecule has 3 aromatic heterocycles. The number of nitrogens with zero attached hydrogens (tertiary/aromatic N) is 1. The molecule has 0 bridgehead atoms. The third-order valence-electron chi connectivity index (χ3n) is 6.97. The van der Waals surface area contributed by atoms with Gasteiger partial charge in [-0.15, -0.1) is 0 Å². The zero-order chi connectivity index (χ0) is 27.2. The van der Waals surface area contributed by atoms with Crippen molar-refractivity contribution in [1.29, 1.82) is 0 Å². The molecule has 5 rings (SSSR count). The molecule has 0 radical (unpaired) electrons. The van der Waals surface area contributed by atoms with Crippen LogP contribution in [0.4, 0.5) is 0 Å². The van der Waals surface area contributed by atoms with Gasteiger partial charge in [0.2, 0.25) is 11.2 Å². The number of fused-ring (bicyclic) bond motifs is 4. The SMILES string of the molecule is CC(C)n1[nH]c(=O)c2c(-c3cc(C(C)(C)C)c(O)c(C(C)(C)C)c3)c3oc4c(O)c(=O)ccc4c3[nH]c21. The first-order chi connectivity index (χ1) is 17.1.